The fraction of sp³-hybridized carbons (Fsp3) is 0.417. The third kappa shape index (κ3) is 2.87. The van der Waals surface area contributed by atoms with Gasteiger partial charge in [0, 0.05) is 17.6 Å². The molecule has 1 N–H and O–H groups in total. The Morgan fingerprint density at radius 2 is 2.06 bits per heavy atom. The molecule has 0 aliphatic heterocycles. The Labute approximate surface area is 119 Å². The van der Waals surface area contributed by atoms with Gasteiger partial charge in [-0.2, -0.15) is 0 Å². The summed E-state index contributed by atoms with van der Waals surface area (Å²) in [7, 11) is 0. The number of nitrogens with one attached hydrogen (secondary N) is 1. The van der Waals surface area contributed by atoms with Crippen LogP contribution in [0.2, 0.25) is 0 Å². The Morgan fingerprint density at radius 1 is 1.28 bits per heavy atom. The van der Waals surface area contributed by atoms with Crippen LogP contribution < -0.4 is 5.32 Å². The monoisotopic (exact) mass is 326 g/mol. The molecule has 0 saturated carbocycles. The number of aromatic nitrogens is 3. The predicted molar refractivity (Wildman–Crippen MR) is 79.1 cm³/mol. The van der Waals surface area contributed by atoms with Crippen molar-refractivity contribution in [2.75, 3.05) is 11.9 Å². The summed E-state index contributed by atoms with van der Waals surface area (Å²) in [4.78, 5) is 13.4. The van der Waals surface area contributed by atoms with E-state index in [0.717, 1.165) is 39.7 Å². The van der Waals surface area contributed by atoms with Crippen molar-refractivity contribution in [2.24, 2.45) is 0 Å². The van der Waals surface area contributed by atoms with Crippen molar-refractivity contribution in [1.29, 1.82) is 0 Å². The first-order valence-electron chi connectivity index (χ1n) is 5.82. The zero-order valence-electron chi connectivity index (χ0n) is 10.6. The van der Waals surface area contributed by atoms with Crippen LogP contribution in [0.5, 0.6) is 0 Å². The second-order valence-electron chi connectivity index (χ2n) is 4.02. The number of hydrogen-bond donors (Lipinski definition) is 1. The fourth-order valence-corrected chi connectivity index (χ4v) is 2.52. The number of hydrogen-bond acceptors (Lipinski definition) is 5. The van der Waals surface area contributed by atoms with Crippen LogP contribution in [0.15, 0.2) is 9.85 Å². The van der Waals surface area contributed by atoms with Crippen LogP contribution >= 0.6 is 27.3 Å². The second kappa shape index (κ2) is 5.75. The Morgan fingerprint density at radius 3 is 2.67 bits per heavy atom. The minimum atomic E-state index is 0.687. The molecule has 4 nitrogen and oxygen atoms in total. The molecule has 0 atom stereocenters. The van der Waals surface area contributed by atoms with E-state index in [0.29, 0.717) is 5.82 Å². The average Bonchev–Trinajstić information content (AvgIpc) is 2.77. The number of aryl methyl sites for hydroxylation is 2. The van der Waals surface area contributed by atoms with Crippen molar-refractivity contribution in [3.8, 4) is 10.8 Å². The standard InChI is InChI=1S/C12H15BrN4S/c1-4-5-14-10-9(13)8(3)16-11(17-10)12-15-7(2)6-18-12/h6H,4-5H2,1-3H3,(H,14,16,17). The van der Waals surface area contributed by atoms with Gasteiger partial charge in [-0.25, -0.2) is 15.0 Å². The molecule has 0 amide bonds. The molecule has 0 radical (unpaired) electrons. The fourth-order valence-electron chi connectivity index (χ4n) is 1.47. The van der Waals surface area contributed by atoms with E-state index in [1.807, 2.05) is 19.2 Å². The predicted octanol–water partition coefficient (Wildman–Crippen LogP) is 3.80. The van der Waals surface area contributed by atoms with Gasteiger partial charge in [0.1, 0.15) is 5.82 Å². The molecule has 0 unspecified atom stereocenters. The van der Waals surface area contributed by atoms with Crippen LogP contribution in [0.4, 0.5) is 5.82 Å². The van der Waals surface area contributed by atoms with Gasteiger partial charge in [0.2, 0.25) is 0 Å². The Bertz CT molecular complexity index is 553. The van der Waals surface area contributed by atoms with Gasteiger partial charge in [0.15, 0.2) is 10.8 Å². The molecule has 96 valence electrons. The van der Waals surface area contributed by atoms with E-state index in [-0.39, 0.29) is 0 Å². The highest BCUT2D eigenvalue weighted by Gasteiger charge is 2.12. The minimum Gasteiger partial charge on any atom is -0.369 e. The molecular formula is C12H15BrN4S. The highest BCUT2D eigenvalue weighted by Crippen LogP contribution is 2.28. The molecule has 0 aliphatic carbocycles. The maximum atomic E-state index is 4.53. The lowest BCUT2D eigenvalue weighted by Gasteiger charge is -2.09. The molecule has 2 heterocycles. The van der Waals surface area contributed by atoms with Crippen molar-refractivity contribution in [2.45, 2.75) is 27.2 Å². The van der Waals surface area contributed by atoms with Gasteiger partial charge in [0.05, 0.1) is 10.2 Å². The molecule has 0 aliphatic rings. The van der Waals surface area contributed by atoms with Crippen molar-refractivity contribution in [1.82, 2.24) is 15.0 Å². The zero-order chi connectivity index (χ0) is 13.1. The Hall–Kier alpha value is -1.01. The summed E-state index contributed by atoms with van der Waals surface area (Å²) < 4.78 is 0.924. The smallest absolute Gasteiger partial charge is 0.190 e. The number of halogens is 1. The molecule has 0 bridgehead atoms. The maximum absolute atomic E-state index is 4.53. The quantitative estimate of drug-likeness (QED) is 0.928. The van der Waals surface area contributed by atoms with Crippen LogP contribution in [0.3, 0.4) is 0 Å². The topological polar surface area (TPSA) is 50.7 Å². The van der Waals surface area contributed by atoms with E-state index in [2.05, 4.69) is 43.1 Å². The lowest BCUT2D eigenvalue weighted by molar-refractivity contribution is 0.958. The molecule has 2 aromatic heterocycles. The summed E-state index contributed by atoms with van der Waals surface area (Å²) in [6.07, 6.45) is 1.06. The first-order valence-corrected chi connectivity index (χ1v) is 7.49. The molecule has 2 rings (SSSR count). The zero-order valence-corrected chi connectivity index (χ0v) is 13.0. The third-order valence-electron chi connectivity index (χ3n) is 2.37. The third-order valence-corrected chi connectivity index (χ3v) is 4.28. The van der Waals surface area contributed by atoms with Gasteiger partial charge in [-0.15, -0.1) is 11.3 Å². The number of anilines is 1. The van der Waals surface area contributed by atoms with Gasteiger partial charge in [0.25, 0.3) is 0 Å². The van der Waals surface area contributed by atoms with Crippen LogP contribution in [0.1, 0.15) is 24.7 Å². The lowest BCUT2D eigenvalue weighted by Crippen LogP contribution is -2.06. The van der Waals surface area contributed by atoms with Crippen molar-refractivity contribution in [3.05, 3.63) is 21.2 Å². The summed E-state index contributed by atoms with van der Waals surface area (Å²) in [5.41, 5.74) is 1.92. The van der Waals surface area contributed by atoms with E-state index in [4.69, 9.17) is 0 Å². The summed E-state index contributed by atoms with van der Waals surface area (Å²) in [6, 6.07) is 0. The lowest BCUT2D eigenvalue weighted by atomic mass is 10.4. The van der Waals surface area contributed by atoms with Gasteiger partial charge in [-0.3, -0.25) is 0 Å². The molecule has 6 heteroatoms. The van der Waals surface area contributed by atoms with Crippen LogP contribution in [-0.2, 0) is 0 Å². The normalized spacial score (nSPS) is 10.7. The van der Waals surface area contributed by atoms with E-state index in [9.17, 15) is 0 Å². The highest BCUT2D eigenvalue weighted by atomic mass is 79.9. The molecule has 0 saturated heterocycles. The van der Waals surface area contributed by atoms with Gasteiger partial charge >= 0.3 is 0 Å². The van der Waals surface area contributed by atoms with Crippen LogP contribution in [0, 0.1) is 13.8 Å². The Balaban J connectivity index is 2.40. The molecule has 18 heavy (non-hydrogen) atoms. The molecule has 0 spiro atoms. The number of rotatable bonds is 4. The van der Waals surface area contributed by atoms with Crippen LogP contribution in [-0.4, -0.2) is 21.5 Å². The minimum absolute atomic E-state index is 0.687. The van der Waals surface area contributed by atoms with E-state index < -0.39 is 0 Å². The average molecular weight is 327 g/mol. The van der Waals surface area contributed by atoms with Crippen molar-refractivity contribution < 1.29 is 0 Å². The van der Waals surface area contributed by atoms with Gasteiger partial charge in [-0.1, -0.05) is 6.92 Å². The van der Waals surface area contributed by atoms with E-state index >= 15 is 0 Å². The SMILES string of the molecule is CCCNc1nc(-c2nc(C)cs2)nc(C)c1Br. The highest BCUT2D eigenvalue weighted by molar-refractivity contribution is 9.10. The summed E-state index contributed by atoms with van der Waals surface area (Å²) in [6.45, 7) is 6.96. The summed E-state index contributed by atoms with van der Waals surface area (Å²) >= 11 is 5.09. The first-order chi connectivity index (χ1) is 8.61. The Kier molecular flexibility index (Phi) is 4.29. The number of nitrogens with zero attached hydrogens (tertiary/aromatic N) is 3. The van der Waals surface area contributed by atoms with Crippen molar-refractivity contribution >= 4 is 33.1 Å². The van der Waals surface area contributed by atoms with Gasteiger partial charge < -0.3 is 5.32 Å². The maximum Gasteiger partial charge on any atom is 0.190 e. The molecule has 0 fully saturated rings. The van der Waals surface area contributed by atoms with Crippen LogP contribution in [0.25, 0.3) is 10.8 Å². The van der Waals surface area contributed by atoms with Crippen molar-refractivity contribution in [3.63, 3.8) is 0 Å². The summed E-state index contributed by atoms with van der Waals surface area (Å²) in [5.74, 6) is 1.53. The van der Waals surface area contributed by atoms with E-state index in [1.54, 1.807) is 11.3 Å². The van der Waals surface area contributed by atoms with Gasteiger partial charge in [-0.05, 0) is 36.2 Å². The van der Waals surface area contributed by atoms with E-state index in [1.165, 1.54) is 0 Å². The second-order valence-corrected chi connectivity index (χ2v) is 5.67. The molecule has 0 aromatic carbocycles. The molecule has 2 aromatic rings. The summed E-state index contributed by atoms with van der Waals surface area (Å²) in [5, 5.41) is 6.17. The first kappa shape index (κ1) is 13.4. The number of thiazole rings is 1. The largest absolute Gasteiger partial charge is 0.369 e. The molecular weight excluding hydrogens is 312 g/mol.